The predicted octanol–water partition coefficient (Wildman–Crippen LogP) is 3.39. The minimum atomic E-state index is -0.144. The number of fused-ring (bicyclic) bond motifs is 1. The summed E-state index contributed by atoms with van der Waals surface area (Å²) in [5.74, 6) is 0.917. The van der Waals surface area contributed by atoms with Crippen LogP contribution in [0.15, 0.2) is 29.1 Å². The van der Waals surface area contributed by atoms with Crippen LogP contribution < -0.4 is 10.1 Å². The van der Waals surface area contributed by atoms with Crippen molar-refractivity contribution in [2.75, 3.05) is 11.9 Å². The monoisotopic (exact) mass is 246 g/mol. The standard InChI is InChI=1S/C13H14N2OS/c1-13(2)7-14-10-5-9(3-4-12(10)16-13)11-6-17-8-15-11/h3-6,8,14H,7H2,1-2H3. The Balaban J connectivity index is 1.99. The number of nitrogens with one attached hydrogen (secondary N) is 1. The Morgan fingerprint density at radius 3 is 3.06 bits per heavy atom. The second-order valence-corrected chi connectivity index (χ2v) is 5.52. The maximum atomic E-state index is 5.91. The molecular weight excluding hydrogens is 232 g/mol. The van der Waals surface area contributed by atoms with Crippen LogP contribution in [0.1, 0.15) is 13.8 Å². The van der Waals surface area contributed by atoms with E-state index in [1.165, 1.54) is 0 Å². The lowest BCUT2D eigenvalue weighted by Gasteiger charge is -2.33. The van der Waals surface area contributed by atoms with Crippen molar-refractivity contribution in [3.63, 3.8) is 0 Å². The first-order valence-electron chi connectivity index (χ1n) is 5.60. The highest BCUT2D eigenvalue weighted by atomic mass is 32.1. The molecule has 1 aromatic carbocycles. The number of benzene rings is 1. The van der Waals surface area contributed by atoms with E-state index in [9.17, 15) is 0 Å². The predicted molar refractivity (Wildman–Crippen MR) is 70.7 cm³/mol. The van der Waals surface area contributed by atoms with Crippen molar-refractivity contribution in [1.82, 2.24) is 4.98 Å². The maximum Gasteiger partial charge on any atom is 0.143 e. The number of thiazole rings is 1. The highest BCUT2D eigenvalue weighted by Crippen LogP contribution is 2.35. The van der Waals surface area contributed by atoms with Crippen LogP contribution in [0.5, 0.6) is 5.75 Å². The van der Waals surface area contributed by atoms with Gasteiger partial charge < -0.3 is 10.1 Å². The molecule has 2 heterocycles. The second kappa shape index (κ2) is 3.74. The molecule has 0 aliphatic carbocycles. The van der Waals surface area contributed by atoms with Crippen molar-refractivity contribution in [2.24, 2.45) is 0 Å². The van der Waals surface area contributed by atoms with Gasteiger partial charge in [0.1, 0.15) is 11.4 Å². The lowest BCUT2D eigenvalue weighted by molar-refractivity contribution is 0.116. The average molecular weight is 246 g/mol. The largest absolute Gasteiger partial charge is 0.484 e. The molecule has 4 heteroatoms. The normalized spacial score (nSPS) is 16.8. The SMILES string of the molecule is CC1(C)CNc2cc(-c3cscn3)ccc2O1. The molecule has 1 aliphatic heterocycles. The Labute approximate surface area is 104 Å². The van der Waals surface area contributed by atoms with E-state index in [1.807, 2.05) is 11.6 Å². The van der Waals surface area contributed by atoms with E-state index in [2.05, 4.69) is 41.7 Å². The molecule has 0 amide bonds. The van der Waals surface area contributed by atoms with Crippen molar-refractivity contribution >= 4 is 17.0 Å². The minimum Gasteiger partial charge on any atom is -0.484 e. The molecule has 88 valence electrons. The molecular formula is C13H14N2OS. The van der Waals surface area contributed by atoms with Gasteiger partial charge >= 0.3 is 0 Å². The van der Waals surface area contributed by atoms with Gasteiger partial charge in [-0.3, -0.25) is 0 Å². The summed E-state index contributed by atoms with van der Waals surface area (Å²) in [4.78, 5) is 4.31. The average Bonchev–Trinajstić information content (AvgIpc) is 2.81. The van der Waals surface area contributed by atoms with Gasteiger partial charge in [-0.1, -0.05) is 0 Å². The lowest BCUT2D eigenvalue weighted by Crippen LogP contribution is -2.39. The Hall–Kier alpha value is -1.55. The summed E-state index contributed by atoms with van der Waals surface area (Å²) in [6.07, 6.45) is 0. The summed E-state index contributed by atoms with van der Waals surface area (Å²) in [6, 6.07) is 6.16. The zero-order valence-corrected chi connectivity index (χ0v) is 10.7. The zero-order chi connectivity index (χ0) is 11.9. The number of nitrogens with zero attached hydrogens (tertiary/aromatic N) is 1. The van der Waals surface area contributed by atoms with Crippen molar-refractivity contribution < 1.29 is 4.74 Å². The summed E-state index contributed by atoms with van der Waals surface area (Å²) in [5, 5.41) is 5.46. The van der Waals surface area contributed by atoms with Crippen molar-refractivity contribution in [3.05, 3.63) is 29.1 Å². The molecule has 0 bridgehead atoms. The van der Waals surface area contributed by atoms with Gasteiger partial charge in [-0.25, -0.2) is 4.98 Å². The van der Waals surface area contributed by atoms with E-state index in [0.717, 1.165) is 29.2 Å². The fourth-order valence-electron chi connectivity index (χ4n) is 1.91. The van der Waals surface area contributed by atoms with Gasteiger partial charge in [0.25, 0.3) is 0 Å². The van der Waals surface area contributed by atoms with E-state index in [1.54, 1.807) is 11.3 Å². The Bertz CT molecular complexity index is 534. The number of hydrogen-bond donors (Lipinski definition) is 1. The second-order valence-electron chi connectivity index (χ2n) is 4.80. The summed E-state index contributed by atoms with van der Waals surface area (Å²) >= 11 is 1.61. The molecule has 1 aromatic heterocycles. The van der Waals surface area contributed by atoms with Crippen molar-refractivity contribution in [3.8, 4) is 17.0 Å². The van der Waals surface area contributed by atoms with E-state index < -0.39 is 0 Å². The molecule has 0 spiro atoms. The number of ether oxygens (including phenoxy) is 1. The van der Waals surface area contributed by atoms with Crippen LogP contribution in [0.4, 0.5) is 5.69 Å². The van der Waals surface area contributed by atoms with Gasteiger partial charge in [0.2, 0.25) is 0 Å². The zero-order valence-electron chi connectivity index (χ0n) is 9.86. The van der Waals surface area contributed by atoms with Crippen LogP contribution in [0.3, 0.4) is 0 Å². The topological polar surface area (TPSA) is 34.2 Å². The Morgan fingerprint density at radius 2 is 2.29 bits per heavy atom. The molecule has 2 aromatic rings. The van der Waals surface area contributed by atoms with E-state index in [0.29, 0.717) is 0 Å². The van der Waals surface area contributed by atoms with Crippen LogP contribution in [0.2, 0.25) is 0 Å². The van der Waals surface area contributed by atoms with Gasteiger partial charge in [-0.05, 0) is 32.0 Å². The summed E-state index contributed by atoms with van der Waals surface area (Å²) in [5.41, 5.74) is 4.90. The fraction of sp³-hybridized carbons (Fsp3) is 0.308. The van der Waals surface area contributed by atoms with Crippen LogP contribution in [-0.2, 0) is 0 Å². The molecule has 3 nitrogen and oxygen atoms in total. The van der Waals surface area contributed by atoms with E-state index >= 15 is 0 Å². The number of rotatable bonds is 1. The molecule has 3 rings (SSSR count). The van der Waals surface area contributed by atoms with Gasteiger partial charge in [0, 0.05) is 10.9 Å². The third kappa shape index (κ3) is 2.00. The highest BCUT2D eigenvalue weighted by Gasteiger charge is 2.26. The first-order valence-corrected chi connectivity index (χ1v) is 6.54. The lowest BCUT2D eigenvalue weighted by atomic mass is 10.1. The van der Waals surface area contributed by atoms with E-state index in [4.69, 9.17) is 4.74 Å². The van der Waals surface area contributed by atoms with Crippen molar-refractivity contribution in [1.29, 1.82) is 0 Å². The molecule has 0 saturated carbocycles. The molecule has 1 aliphatic rings. The number of anilines is 1. The minimum absolute atomic E-state index is 0.144. The third-order valence-electron chi connectivity index (χ3n) is 2.80. The first-order chi connectivity index (χ1) is 8.14. The summed E-state index contributed by atoms with van der Waals surface area (Å²) < 4.78 is 5.91. The summed E-state index contributed by atoms with van der Waals surface area (Å²) in [7, 11) is 0. The molecule has 0 radical (unpaired) electrons. The summed E-state index contributed by atoms with van der Waals surface area (Å²) in [6.45, 7) is 4.98. The van der Waals surface area contributed by atoms with Gasteiger partial charge in [-0.15, -0.1) is 11.3 Å². The van der Waals surface area contributed by atoms with Crippen LogP contribution in [0.25, 0.3) is 11.3 Å². The Kier molecular flexibility index (Phi) is 2.33. The van der Waals surface area contributed by atoms with Crippen LogP contribution >= 0.6 is 11.3 Å². The van der Waals surface area contributed by atoms with Crippen molar-refractivity contribution in [2.45, 2.75) is 19.4 Å². The van der Waals surface area contributed by atoms with Gasteiger partial charge in [-0.2, -0.15) is 0 Å². The van der Waals surface area contributed by atoms with Gasteiger partial charge in [0.05, 0.1) is 23.4 Å². The first kappa shape index (κ1) is 10.6. The molecule has 17 heavy (non-hydrogen) atoms. The number of hydrogen-bond acceptors (Lipinski definition) is 4. The van der Waals surface area contributed by atoms with Crippen LogP contribution in [-0.4, -0.2) is 17.1 Å². The molecule has 1 N–H and O–H groups in total. The smallest absolute Gasteiger partial charge is 0.143 e. The molecule has 0 fully saturated rings. The van der Waals surface area contributed by atoms with E-state index in [-0.39, 0.29) is 5.60 Å². The van der Waals surface area contributed by atoms with Crippen LogP contribution in [0, 0.1) is 0 Å². The maximum absolute atomic E-state index is 5.91. The molecule has 0 unspecified atom stereocenters. The van der Waals surface area contributed by atoms with Gasteiger partial charge in [0.15, 0.2) is 0 Å². The number of aromatic nitrogens is 1. The quantitative estimate of drug-likeness (QED) is 0.837. The highest BCUT2D eigenvalue weighted by molar-refractivity contribution is 7.07. The molecule has 0 saturated heterocycles. The molecule has 0 atom stereocenters. The third-order valence-corrected chi connectivity index (χ3v) is 3.38. The Morgan fingerprint density at radius 1 is 1.41 bits per heavy atom. The fourth-order valence-corrected chi connectivity index (χ4v) is 2.47.